The van der Waals surface area contributed by atoms with Crippen LogP contribution in [0.2, 0.25) is 0 Å². The average Bonchev–Trinajstić information content (AvgIpc) is 3.37. The van der Waals surface area contributed by atoms with Gasteiger partial charge in [-0.25, -0.2) is 4.79 Å². The zero-order valence-electron chi connectivity index (χ0n) is 11.8. The summed E-state index contributed by atoms with van der Waals surface area (Å²) in [6, 6.07) is 1.81. The van der Waals surface area contributed by atoms with Crippen LogP contribution >= 0.6 is 11.3 Å². The summed E-state index contributed by atoms with van der Waals surface area (Å²) in [4.78, 5) is 26.0. The fourth-order valence-corrected chi connectivity index (χ4v) is 3.25. The molecule has 0 atom stereocenters. The zero-order valence-corrected chi connectivity index (χ0v) is 12.6. The Morgan fingerprint density at radius 3 is 2.38 bits per heavy atom. The molecule has 0 spiro atoms. The molecule has 0 radical (unpaired) electrons. The Hall–Kier alpha value is -1.62. The molecule has 1 heterocycles. The Labute approximate surface area is 128 Å². The van der Waals surface area contributed by atoms with Crippen LogP contribution in [0.4, 0.5) is 0 Å². The van der Waals surface area contributed by atoms with Crippen molar-refractivity contribution in [3.8, 4) is 0 Å². The molecular formula is C16H19NO3S. The first kappa shape index (κ1) is 14.3. The zero-order chi connectivity index (χ0) is 14.8. The lowest BCUT2D eigenvalue weighted by molar-refractivity contribution is -0.131. The van der Waals surface area contributed by atoms with Gasteiger partial charge in [-0.2, -0.15) is 0 Å². The highest BCUT2D eigenvalue weighted by Crippen LogP contribution is 2.35. The second-order valence-corrected chi connectivity index (χ2v) is 6.89. The summed E-state index contributed by atoms with van der Waals surface area (Å²) in [5.74, 6) is 0.414. The van der Waals surface area contributed by atoms with Gasteiger partial charge in [0.1, 0.15) is 0 Å². The molecule has 1 N–H and O–H groups in total. The van der Waals surface area contributed by atoms with Crippen molar-refractivity contribution in [2.75, 3.05) is 13.1 Å². The van der Waals surface area contributed by atoms with Crippen LogP contribution in [0.5, 0.6) is 0 Å². The van der Waals surface area contributed by atoms with Gasteiger partial charge in [-0.3, -0.25) is 4.79 Å². The van der Waals surface area contributed by atoms with Crippen LogP contribution < -0.4 is 0 Å². The minimum Gasteiger partial charge on any atom is -0.478 e. The van der Waals surface area contributed by atoms with Crippen molar-refractivity contribution in [2.45, 2.75) is 25.7 Å². The van der Waals surface area contributed by atoms with Crippen molar-refractivity contribution in [3.05, 3.63) is 28.0 Å². The number of aliphatic carboxylic acids is 1. The average molecular weight is 305 g/mol. The quantitative estimate of drug-likeness (QED) is 0.787. The number of hydrogen-bond acceptors (Lipinski definition) is 3. The first-order valence-electron chi connectivity index (χ1n) is 7.41. The molecule has 1 amide bonds. The minimum atomic E-state index is -0.993. The van der Waals surface area contributed by atoms with Gasteiger partial charge in [-0.1, -0.05) is 0 Å². The number of amides is 1. The van der Waals surface area contributed by atoms with Crippen molar-refractivity contribution in [3.63, 3.8) is 0 Å². The molecule has 0 unspecified atom stereocenters. The van der Waals surface area contributed by atoms with Crippen LogP contribution in [0.3, 0.4) is 0 Å². The largest absolute Gasteiger partial charge is 0.478 e. The van der Waals surface area contributed by atoms with E-state index in [1.54, 1.807) is 0 Å². The minimum absolute atomic E-state index is 0.0637. The van der Waals surface area contributed by atoms with Crippen molar-refractivity contribution < 1.29 is 14.7 Å². The summed E-state index contributed by atoms with van der Waals surface area (Å²) in [7, 11) is 0. The lowest BCUT2D eigenvalue weighted by Crippen LogP contribution is -2.34. The maximum atomic E-state index is 12.8. The Morgan fingerprint density at radius 2 is 1.86 bits per heavy atom. The third-order valence-corrected chi connectivity index (χ3v) is 4.85. The van der Waals surface area contributed by atoms with Crippen molar-refractivity contribution in [1.29, 1.82) is 0 Å². The highest BCUT2D eigenvalue weighted by Gasteiger charge is 2.32. The number of carboxylic acids is 1. The second-order valence-electron chi connectivity index (χ2n) is 5.97. The molecule has 2 aliphatic rings. The third-order valence-electron chi connectivity index (χ3n) is 3.93. The first-order valence-corrected chi connectivity index (χ1v) is 8.29. The molecule has 5 heteroatoms. The molecule has 21 heavy (non-hydrogen) atoms. The van der Waals surface area contributed by atoms with Gasteiger partial charge in [-0.05, 0) is 60.6 Å². The van der Waals surface area contributed by atoms with Gasteiger partial charge in [0.05, 0.1) is 4.88 Å². The Kier molecular flexibility index (Phi) is 4.10. The normalized spacial score (nSPS) is 18.1. The molecule has 3 rings (SSSR count). The Balaban J connectivity index is 1.74. The van der Waals surface area contributed by atoms with Crippen molar-refractivity contribution in [2.24, 2.45) is 11.8 Å². The molecule has 0 saturated heterocycles. The van der Waals surface area contributed by atoms with E-state index in [2.05, 4.69) is 0 Å². The van der Waals surface area contributed by atoms with Gasteiger partial charge in [0.25, 0.3) is 5.91 Å². The predicted octanol–water partition coefficient (Wildman–Crippen LogP) is 3.11. The van der Waals surface area contributed by atoms with Gasteiger partial charge in [0.2, 0.25) is 0 Å². The summed E-state index contributed by atoms with van der Waals surface area (Å²) in [5.41, 5.74) is 0.712. The van der Waals surface area contributed by atoms with E-state index in [0.29, 0.717) is 22.3 Å². The summed E-state index contributed by atoms with van der Waals surface area (Å²) in [6.07, 6.45) is 7.51. The molecule has 2 saturated carbocycles. The van der Waals surface area contributed by atoms with E-state index in [1.165, 1.54) is 43.1 Å². The predicted molar refractivity (Wildman–Crippen MR) is 82.3 cm³/mol. The molecule has 112 valence electrons. The monoisotopic (exact) mass is 305 g/mol. The number of nitrogens with zero attached hydrogens (tertiary/aromatic N) is 1. The van der Waals surface area contributed by atoms with Gasteiger partial charge >= 0.3 is 5.97 Å². The summed E-state index contributed by atoms with van der Waals surface area (Å²) in [6.45, 7) is 1.71. The van der Waals surface area contributed by atoms with E-state index in [9.17, 15) is 9.59 Å². The number of rotatable bonds is 7. The van der Waals surface area contributed by atoms with Crippen LogP contribution in [0, 0.1) is 11.8 Å². The SMILES string of the molecule is O=C(O)C=Cc1ccsc1C(=O)N(CC1CC1)CC1CC1. The molecule has 0 aromatic carbocycles. The van der Waals surface area contributed by atoms with E-state index >= 15 is 0 Å². The van der Waals surface area contributed by atoms with Crippen molar-refractivity contribution >= 4 is 29.3 Å². The summed E-state index contributed by atoms with van der Waals surface area (Å²) in [5, 5.41) is 10.6. The van der Waals surface area contributed by atoms with Gasteiger partial charge in [-0.15, -0.1) is 11.3 Å². The molecule has 4 nitrogen and oxygen atoms in total. The van der Waals surface area contributed by atoms with Crippen LogP contribution in [-0.2, 0) is 4.79 Å². The number of thiophene rings is 1. The Morgan fingerprint density at radius 1 is 1.24 bits per heavy atom. The standard InChI is InChI=1S/C16H19NO3S/c18-14(19)6-5-13-7-8-21-15(13)16(20)17(9-11-1-2-11)10-12-3-4-12/h5-8,11-12H,1-4,9-10H2,(H,18,19). The smallest absolute Gasteiger partial charge is 0.328 e. The number of carbonyl (C=O) groups excluding carboxylic acids is 1. The molecule has 0 aliphatic heterocycles. The van der Waals surface area contributed by atoms with E-state index in [1.807, 2.05) is 16.3 Å². The number of hydrogen-bond donors (Lipinski definition) is 1. The number of carboxylic acid groups (broad SMARTS) is 1. The van der Waals surface area contributed by atoms with Gasteiger partial charge < -0.3 is 10.0 Å². The molecule has 1 aromatic rings. The highest BCUT2D eigenvalue weighted by atomic mass is 32.1. The molecule has 0 bridgehead atoms. The summed E-state index contributed by atoms with van der Waals surface area (Å²) < 4.78 is 0. The lowest BCUT2D eigenvalue weighted by Gasteiger charge is -2.22. The van der Waals surface area contributed by atoms with Crippen LogP contribution in [0.15, 0.2) is 17.5 Å². The maximum absolute atomic E-state index is 12.8. The van der Waals surface area contributed by atoms with E-state index in [0.717, 1.165) is 19.2 Å². The molecule has 1 aromatic heterocycles. The van der Waals surface area contributed by atoms with E-state index < -0.39 is 5.97 Å². The van der Waals surface area contributed by atoms with Gasteiger partial charge in [0.15, 0.2) is 0 Å². The van der Waals surface area contributed by atoms with E-state index in [4.69, 9.17) is 5.11 Å². The first-order chi connectivity index (χ1) is 10.1. The fraction of sp³-hybridized carbons (Fsp3) is 0.500. The lowest BCUT2D eigenvalue weighted by atomic mass is 10.2. The molecule has 2 fully saturated rings. The number of carbonyl (C=O) groups is 2. The van der Waals surface area contributed by atoms with Crippen LogP contribution in [0.1, 0.15) is 40.9 Å². The maximum Gasteiger partial charge on any atom is 0.328 e. The second kappa shape index (κ2) is 6.02. The third kappa shape index (κ3) is 3.94. The van der Waals surface area contributed by atoms with E-state index in [-0.39, 0.29) is 5.91 Å². The Bertz CT molecular complexity index is 556. The van der Waals surface area contributed by atoms with Gasteiger partial charge in [0, 0.05) is 19.2 Å². The molecular weight excluding hydrogens is 286 g/mol. The van der Waals surface area contributed by atoms with Crippen LogP contribution in [-0.4, -0.2) is 35.0 Å². The van der Waals surface area contributed by atoms with Crippen LogP contribution in [0.25, 0.3) is 6.08 Å². The highest BCUT2D eigenvalue weighted by molar-refractivity contribution is 7.12. The summed E-state index contributed by atoms with van der Waals surface area (Å²) >= 11 is 1.40. The molecule has 2 aliphatic carbocycles. The fourth-order valence-electron chi connectivity index (χ4n) is 2.39. The van der Waals surface area contributed by atoms with Crippen molar-refractivity contribution in [1.82, 2.24) is 4.90 Å². The topological polar surface area (TPSA) is 57.6 Å².